The molecule has 0 aromatic heterocycles. The molecule has 0 aliphatic carbocycles. The van der Waals surface area contributed by atoms with Crippen LogP contribution in [-0.4, -0.2) is 314 Å². The van der Waals surface area contributed by atoms with E-state index >= 15 is 0 Å². The van der Waals surface area contributed by atoms with E-state index in [1.807, 2.05) is 0 Å². The van der Waals surface area contributed by atoms with Gasteiger partial charge < -0.3 is 136 Å². The topological polar surface area (TPSA) is 544 Å². The third-order valence-corrected chi connectivity index (χ3v) is 19.5. The van der Waals surface area contributed by atoms with Crippen LogP contribution in [0.2, 0.25) is 0 Å². The van der Waals surface area contributed by atoms with Gasteiger partial charge in [-0.05, 0) is 82.5 Å². The first-order valence-corrected chi connectivity index (χ1v) is 41.4. The van der Waals surface area contributed by atoms with Gasteiger partial charge in [-0.2, -0.15) is 0 Å². The van der Waals surface area contributed by atoms with Gasteiger partial charge in [0.25, 0.3) is 0 Å². The van der Waals surface area contributed by atoms with Crippen molar-refractivity contribution in [2.45, 2.75) is 319 Å². The Labute approximate surface area is 677 Å². The van der Waals surface area contributed by atoms with Crippen molar-refractivity contribution in [2.75, 3.05) is 112 Å². The van der Waals surface area contributed by atoms with Crippen LogP contribution in [-0.2, 0) is 90.6 Å². The summed E-state index contributed by atoms with van der Waals surface area (Å²) in [6.45, 7) is 9.38. The molecule has 3 heterocycles. The molecule has 18 N–H and O–H groups in total. The smallest absolute Gasteiger partial charge is 0.222 e. The van der Waals surface area contributed by atoms with Gasteiger partial charge in [0.15, 0.2) is 18.9 Å². The fraction of sp³-hybridized carbons (Fsp3) is 0.872. The molecule has 3 rings (SSSR count). The summed E-state index contributed by atoms with van der Waals surface area (Å²) in [5.41, 5.74) is -1.05. The molecule has 0 saturated carbocycles. The molecule has 0 radical (unpaired) electrons. The van der Waals surface area contributed by atoms with Crippen LogP contribution in [0.3, 0.4) is 0 Å². The fourth-order valence-electron chi connectivity index (χ4n) is 13.0. The summed E-state index contributed by atoms with van der Waals surface area (Å²) in [4.78, 5) is 127. The van der Waals surface area contributed by atoms with Gasteiger partial charge in [0.05, 0.1) is 59.5 Å². The maximum atomic E-state index is 14.0. The minimum Gasteiger partial charge on any atom is -0.394 e. The highest BCUT2D eigenvalue weighted by molar-refractivity contribution is 5.79. The number of rotatable bonds is 64. The molecular weight excluding hydrogens is 1510 g/mol. The number of hydrogen-bond acceptors (Lipinski definition) is 28. The maximum Gasteiger partial charge on any atom is 0.222 e. The number of Topliss-reactive ketones (excluding diaryl/α,β-unsaturated/α-hetero) is 1. The summed E-state index contributed by atoms with van der Waals surface area (Å²) in [6.07, 6.45) is 0.171. The SMILES string of the molecule is CC(=O)NC1[C@H](OCCCCC(=O)CCCCNC(=O)CCOCC(COCCC(=O)NCCCNC(=O)CCCCO[C@@H]2OC(CO)[C@@H](O)[C@H](O)C2NC(C)=O)(COCCC(=O)NCCCNC(=O)CCCCO[C@@H]2OC(CO)[C@@H](O)[C@H](O)C2NC(C)=O)NC(=O)CCCCCCCCCCCC(C)(C)C)OC(CO)[C@@H](O)[C@@H]1O. The number of carbonyl (C=O) groups is 10. The Morgan fingerprint density at radius 3 is 0.922 bits per heavy atom. The third kappa shape index (κ3) is 45.2. The first kappa shape index (κ1) is 103. The molecule has 0 spiro atoms. The predicted molar refractivity (Wildman–Crippen MR) is 416 cm³/mol. The lowest BCUT2D eigenvalue weighted by atomic mass is 9.89. The van der Waals surface area contributed by atoms with Crippen molar-refractivity contribution in [1.82, 2.24) is 47.9 Å². The van der Waals surface area contributed by atoms with Crippen molar-refractivity contribution in [2.24, 2.45) is 5.41 Å². The highest BCUT2D eigenvalue weighted by Crippen LogP contribution is 2.27. The van der Waals surface area contributed by atoms with E-state index in [0.29, 0.717) is 76.0 Å². The standard InChI is InChI=1S/C78H141N9O28/c1-52(91)84-65-71(104)68(101)56(46-88)113-74(65)110-40-21-16-27-55(94)26-15-20-35-79-61(97)31-43-107-49-78(87-64(100)30-14-12-10-8-7-9-11-13-19-34-77(4,5)6,50-108-44-32-62(98)82-38-24-36-80-59(95)28-17-22-41-111-75-66(85-53(2)92)72(105)69(102)57(47-89)114-75)51-109-45-33-63(99)83-39-25-37-81-60(96)29-18-23-42-112-76-67(86-54(3)93)73(106)70(103)58(48-90)115-76/h56-58,65-76,88-90,101-106H,7-51H2,1-6H3,(H,79,97)(H,80,95)(H,81,96)(H,82,98)(H,83,99)(H,84,91)(H,85,92)(H,86,93)(H,87,100)/t56?,57?,58?,65?,66?,67?,68-,69-,70-,71-,72-,73-,74-,75-,76-,78?/m1/s1. The lowest BCUT2D eigenvalue weighted by molar-refractivity contribution is -0.270. The van der Waals surface area contributed by atoms with Crippen molar-refractivity contribution in [3.05, 3.63) is 0 Å². The van der Waals surface area contributed by atoms with Crippen LogP contribution in [0.4, 0.5) is 0 Å². The van der Waals surface area contributed by atoms with E-state index in [9.17, 15) is 93.9 Å². The molecule has 0 aromatic carbocycles. The minimum atomic E-state index is -1.45. The van der Waals surface area contributed by atoms with Crippen LogP contribution in [0.1, 0.15) is 221 Å². The molecule has 3 fully saturated rings. The molecule has 115 heavy (non-hydrogen) atoms. The van der Waals surface area contributed by atoms with Crippen molar-refractivity contribution < 1.29 is 137 Å². The summed E-state index contributed by atoms with van der Waals surface area (Å²) in [5, 5.41) is 116. The van der Waals surface area contributed by atoms with Gasteiger partial charge in [0.2, 0.25) is 53.2 Å². The number of carbonyl (C=O) groups excluding carboxylic acids is 10. The summed E-state index contributed by atoms with van der Waals surface area (Å²) in [6, 6.07) is -3.25. The molecular formula is C78H141N9O28. The number of unbranched alkanes of at least 4 members (excludes halogenated alkanes) is 12. The van der Waals surface area contributed by atoms with Gasteiger partial charge in [-0.3, -0.25) is 47.9 Å². The molecule has 666 valence electrons. The van der Waals surface area contributed by atoms with Gasteiger partial charge >= 0.3 is 0 Å². The highest BCUT2D eigenvalue weighted by atomic mass is 16.7. The van der Waals surface area contributed by atoms with Crippen molar-refractivity contribution in [3.63, 3.8) is 0 Å². The van der Waals surface area contributed by atoms with Gasteiger partial charge in [0.1, 0.15) is 84.4 Å². The number of ether oxygens (including phenoxy) is 9. The van der Waals surface area contributed by atoms with E-state index in [4.69, 9.17) is 42.6 Å². The van der Waals surface area contributed by atoms with Gasteiger partial charge in [0, 0.05) is 125 Å². The Morgan fingerprint density at radius 2 is 0.600 bits per heavy atom. The monoisotopic (exact) mass is 1650 g/mol. The van der Waals surface area contributed by atoms with E-state index in [-0.39, 0.29) is 185 Å². The van der Waals surface area contributed by atoms with Crippen LogP contribution in [0.25, 0.3) is 0 Å². The largest absolute Gasteiger partial charge is 0.394 e. The second-order valence-electron chi connectivity index (χ2n) is 31.2. The summed E-state index contributed by atoms with van der Waals surface area (Å²) >= 11 is 0. The second kappa shape index (κ2) is 59.8. The first-order valence-electron chi connectivity index (χ1n) is 41.4. The number of aliphatic hydroxyl groups excluding tert-OH is 9. The Morgan fingerprint density at radius 1 is 0.322 bits per heavy atom. The highest BCUT2D eigenvalue weighted by Gasteiger charge is 2.48. The molecule has 3 aliphatic heterocycles. The Hall–Kier alpha value is -5.82. The van der Waals surface area contributed by atoms with E-state index in [0.717, 1.165) is 32.1 Å². The Balaban J connectivity index is 1.56. The van der Waals surface area contributed by atoms with Crippen LogP contribution in [0.15, 0.2) is 0 Å². The fourth-order valence-corrected chi connectivity index (χ4v) is 13.0. The Kier molecular flexibility index (Phi) is 53.7. The molecule has 15 atom stereocenters. The van der Waals surface area contributed by atoms with Crippen LogP contribution in [0, 0.1) is 5.41 Å². The number of ketones is 1. The lowest BCUT2D eigenvalue weighted by Gasteiger charge is -2.42. The third-order valence-electron chi connectivity index (χ3n) is 19.5. The number of aliphatic hydroxyl groups is 9. The normalized spacial score (nSPS) is 24.0. The van der Waals surface area contributed by atoms with Crippen LogP contribution in [0.5, 0.6) is 0 Å². The van der Waals surface area contributed by atoms with Gasteiger partial charge in [-0.25, -0.2) is 0 Å². The van der Waals surface area contributed by atoms with Crippen molar-refractivity contribution in [1.29, 1.82) is 0 Å². The average Bonchev–Trinajstić information content (AvgIpc) is 0.820. The van der Waals surface area contributed by atoms with E-state index in [1.54, 1.807) is 0 Å². The van der Waals surface area contributed by atoms with Crippen LogP contribution >= 0.6 is 0 Å². The zero-order chi connectivity index (χ0) is 85.0. The second-order valence-corrected chi connectivity index (χ2v) is 31.2. The average molecular weight is 1650 g/mol. The molecule has 0 aromatic rings. The molecule has 3 saturated heterocycles. The molecule has 37 nitrogen and oxygen atoms in total. The Bertz CT molecular complexity index is 2530. The van der Waals surface area contributed by atoms with Crippen molar-refractivity contribution >= 4 is 58.9 Å². The maximum absolute atomic E-state index is 14.0. The molecule has 37 heteroatoms. The van der Waals surface area contributed by atoms with E-state index in [2.05, 4.69) is 68.6 Å². The zero-order valence-corrected chi connectivity index (χ0v) is 68.8. The van der Waals surface area contributed by atoms with Crippen molar-refractivity contribution in [3.8, 4) is 0 Å². The molecule has 3 aliphatic rings. The number of nitrogens with one attached hydrogen (secondary N) is 9. The minimum absolute atomic E-state index is 0.0104. The summed E-state index contributed by atoms with van der Waals surface area (Å²) in [5.74, 6) is -3.25. The quantitative estimate of drug-likeness (QED) is 0.0321. The summed E-state index contributed by atoms with van der Waals surface area (Å²) < 4.78 is 52.3. The number of hydrogen-bond donors (Lipinski definition) is 18. The summed E-state index contributed by atoms with van der Waals surface area (Å²) in [7, 11) is 0. The van der Waals surface area contributed by atoms with Crippen LogP contribution < -0.4 is 47.9 Å². The lowest BCUT2D eigenvalue weighted by Crippen LogP contribution is -2.64. The van der Waals surface area contributed by atoms with Gasteiger partial charge in [-0.1, -0.05) is 72.1 Å². The predicted octanol–water partition coefficient (Wildman–Crippen LogP) is -1.11. The number of amides is 9. The zero-order valence-electron chi connectivity index (χ0n) is 68.8. The van der Waals surface area contributed by atoms with Gasteiger partial charge in [-0.15, -0.1) is 0 Å². The molecule has 9 amide bonds. The molecule has 0 bridgehead atoms. The van der Waals surface area contributed by atoms with E-state index in [1.165, 1.54) is 46.5 Å². The molecule has 6 unspecified atom stereocenters. The van der Waals surface area contributed by atoms with E-state index < -0.39 is 135 Å². The first-order chi connectivity index (χ1) is 54.9.